The number of nitrogens with zero attached hydrogens (tertiary/aromatic N) is 2. The molecule has 19 heavy (non-hydrogen) atoms. The number of carbonyl (C=O) groups is 1. The number of anilines is 1. The second-order valence-corrected chi connectivity index (χ2v) is 5.98. The van der Waals surface area contributed by atoms with Crippen molar-refractivity contribution in [1.82, 2.24) is 4.90 Å². The Morgan fingerprint density at radius 2 is 2.00 bits per heavy atom. The predicted octanol–water partition coefficient (Wildman–Crippen LogP) is 1.83. The molecule has 1 aromatic rings. The summed E-state index contributed by atoms with van der Waals surface area (Å²) in [5.74, 6) is 0.147. The zero-order valence-corrected chi connectivity index (χ0v) is 12.9. The van der Waals surface area contributed by atoms with Crippen LogP contribution in [0, 0.1) is 0 Å². The van der Waals surface area contributed by atoms with Gasteiger partial charge in [0.05, 0.1) is 6.04 Å². The molecule has 1 aromatic carbocycles. The van der Waals surface area contributed by atoms with Gasteiger partial charge in [0.15, 0.2) is 0 Å². The molecule has 104 valence electrons. The Kier molecular flexibility index (Phi) is 4.60. The zero-order valence-electron chi connectivity index (χ0n) is 11.3. The Labute approximate surface area is 122 Å². The van der Waals surface area contributed by atoms with E-state index >= 15 is 0 Å². The molecular formula is C14H20BrN3O. The Balaban J connectivity index is 2.27. The summed E-state index contributed by atoms with van der Waals surface area (Å²) in [4.78, 5) is 16.6. The number of hydrogen-bond acceptors (Lipinski definition) is 3. The lowest BCUT2D eigenvalue weighted by molar-refractivity contribution is -0.126. The van der Waals surface area contributed by atoms with Crippen LogP contribution in [0.4, 0.5) is 5.69 Å². The minimum absolute atomic E-state index is 0.107. The summed E-state index contributed by atoms with van der Waals surface area (Å²) in [6.07, 6.45) is 0.703. The van der Waals surface area contributed by atoms with Crippen LogP contribution in [0.1, 0.15) is 13.3 Å². The van der Waals surface area contributed by atoms with Crippen LogP contribution < -0.4 is 10.6 Å². The van der Waals surface area contributed by atoms with Gasteiger partial charge in [-0.2, -0.15) is 0 Å². The Hall–Kier alpha value is -0.910. The molecule has 0 bridgehead atoms. The molecule has 1 heterocycles. The lowest BCUT2D eigenvalue weighted by Crippen LogP contribution is -2.60. The van der Waals surface area contributed by atoms with Crippen molar-refractivity contribution >= 4 is 27.5 Å². The number of likely N-dealkylation sites (N-methyl/N-ethyl adjacent to an activating group) is 1. The number of nitrogens with two attached hydrogens (primary N) is 1. The first-order chi connectivity index (χ1) is 9.04. The number of amides is 1. The van der Waals surface area contributed by atoms with Crippen LogP contribution in [0.5, 0.6) is 0 Å². The Morgan fingerprint density at radius 1 is 1.37 bits per heavy atom. The maximum absolute atomic E-state index is 12.6. The topological polar surface area (TPSA) is 49.6 Å². The van der Waals surface area contributed by atoms with Gasteiger partial charge >= 0.3 is 0 Å². The van der Waals surface area contributed by atoms with E-state index < -0.39 is 0 Å². The van der Waals surface area contributed by atoms with Crippen molar-refractivity contribution in [3.05, 3.63) is 28.7 Å². The van der Waals surface area contributed by atoms with Crippen LogP contribution in [-0.4, -0.2) is 43.0 Å². The predicted molar refractivity (Wildman–Crippen MR) is 81.2 cm³/mol. The van der Waals surface area contributed by atoms with E-state index in [1.54, 1.807) is 0 Å². The number of piperazine rings is 1. The molecule has 1 amide bonds. The van der Waals surface area contributed by atoms with Crippen molar-refractivity contribution in [3.8, 4) is 0 Å². The molecule has 2 atom stereocenters. The van der Waals surface area contributed by atoms with Gasteiger partial charge in [-0.1, -0.05) is 15.9 Å². The van der Waals surface area contributed by atoms with Crippen molar-refractivity contribution in [1.29, 1.82) is 0 Å². The van der Waals surface area contributed by atoms with E-state index in [9.17, 15) is 4.79 Å². The standard InChI is InChI=1S/C14H20BrN3O/c1-10-9-17(2)13(7-8-16)14(19)18(10)12-5-3-11(15)4-6-12/h3-6,10,13H,7-9,16H2,1-2H3. The van der Waals surface area contributed by atoms with E-state index in [2.05, 4.69) is 27.8 Å². The third-order valence-corrected chi connectivity index (χ3v) is 4.12. The highest BCUT2D eigenvalue weighted by Crippen LogP contribution is 2.26. The fraction of sp³-hybridized carbons (Fsp3) is 0.500. The molecule has 0 aliphatic carbocycles. The number of benzene rings is 1. The number of hydrogen-bond donors (Lipinski definition) is 1. The molecule has 2 rings (SSSR count). The van der Waals surface area contributed by atoms with Crippen molar-refractivity contribution in [2.24, 2.45) is 5.73 Å². The van der Waals surface area contributed by atoms with Gasteiger partial charge in [0.25, 0.3) is 0 Å². The first kappa shape index (κ1) is 14.5. The Bertz CT molecular complexity index is 449. The molecule has 5 heteroatoms. The molecule has 1 saturated heterocycles. The smallest absolute Gasteiger partial charge is 0.244 e. The first-order valence-electron chi connectivity index (χ1n) is 6.53. The summed E-state index contributed by atoms with van der Waals surface area (Å²) >= 11 is 3.42. The van der Waals surface area contributed by atoms with E-state index in [-0.39, 0.29) is 18.0 Å². The molecule has 4 nitrogen and oxygen atoms in total. The third-order valence-electron chi connectivity index (χ3n) is 3.59. The van der Waals surface area contributed by atoms with Crippen LogP contribution in [0.25, 0.3) is 0 Å². The van der Waals surface area contributed by atoms with E-state index in [0.717, 1.165) is 16.7 Å². The van der Waals surface area contributed by atoms with Gasteiger partial charge < -0.3 is 10.6 Å². The second-order valence-electron chi connectivity index (χ2n) is 5.07. The minimum atomic E-state index is -0.107. The lowest BCUT2D eigenvalue weighted by atomic mass is 10.0. The highest BCUT2D eigenvalue weighted by molar-refractivity contribution is 9.10. The number of carbonyl (C=O) groups excluding carboxylic acids is 1. The van der Waals surface area contributed by atoms with Crippen LogP contribution in [0.3, 0.4) is 0 Å². The summed E-state index contributed by atoms with van der Waals surface area (Å²) in [5.41, 5.74) is 6.57. The quantitative estimate of drug-likeness (QED) is 0.922. The summed E-state index contributed by atoms with van der Waals surface area (Å²) in [6.45, 7) is 3.48. The van der Waals surface area contributed by atoms with E-state index in [1.165, 1.54) is 0 Å². The molecular weight excluding hydrogens is 306 g/mol. The molecule has 0 saturated carbocycles. The summed E-state index contributed by atoms with van der Waals surface area (Å²) < 4.78 is 1.02. The van der Waals surface area contributed by atoms with Gasteiger partial charge in [-0.05, 0) is 51.2 Å². The highest BCUT2D eigenvalue weighted by Gasteiger charge is 2.36. The SMILES string of the molecule is CC1CN(C)C(CCN)C(=O)N1c1ccc(Br)cc1. The van der Waals surface area contributed by atoms with Gasteiger partial charge in [0.2, 0.25) is 5.91 Å². The van der Waals surface area contributed by atoms with Gasteiger partial charge in [-0.25, -0.2) is 0 Å². The molecule has 0 radical (unpaired) electrons. The second kappa shape index (κ2) is 6.03. The van der Waals surface area contributed by atoms with E-state index in [1.807, 2.05) is 36.2 Å². The van der Waals surface area contributed by atoms with Gasteiger partial charge in [-0.15, -0.1) is 0 Å². The fourth-order valence-corrected chi connectivity index (χ4v) is 2.94. The average Bonchev–Trinajstić information content (AvgIpc) is 2.36. The minimum Gasteiger partial charge on any atom is -0.330 e. The zero-order chi connectivity index (χ0) is 14.0. The van der Waals surface area contributed by atoms with Gasteiger partial charge in [0.1, 0.15) is 0 Å². The molecule has 0 spiro atoms. The van der Waals surface area contributed by atoms with Crippen molar-refractivity contribution < 1.29 is 4.79 Å². The fourth-order valence-electron chi connectivity index (χ4n) is 2.68. The van der Waals surface area contributed by atoms with Crippen molar-refractivity contribution in [2.75, 3.05) is 25.0 Å². The van der Waals surface area contributed by atoms with E-state index in [0.29, 0.717) is 13.0 Å². The van der Waals surface area contributed by atoms with Crippen molar-refractivity contribution in [2.45, 2.75) is 25.4 Å². The number of halogens is 1. The molecule has 1 aliphatic rings. The normalized spacial score (nSPS) is 24.8. The maximum Gasteiger partial charge on any atom is 0.244 e. The maximum atomic E-state index is 12.6. The first-order valence-corrected chi connectivity index (χ1v) is 7.33. The van der Waals surface area contributed by atoms with Gasteiger partial charge in [-0.3, -0.25) is 9.69 Å². The number of rotatable bonds is 3. The third kappa shape index (κ3) is 2.99. The summed E-state index contributed by atoms with van der Waals surface area (Å²) in [7, 11) is 1.99. The lowest BCUT2D eigenvalue weighted by Gasteiger charge is -2.43. The Morgan fingerprint density at radius 3 is 2.58 bits per heavy atom. The summed E-state index contributed by atoms with van der Waals surface area (Å²) in [5, 5.41) is 0. The van der Waals surface area contributed by atoms with Crippen LogP contribution in [0.15, 0.2) is 28.7 Å². The van der Waals surface area contributed by atoms with Crippen LogP contribution >= 0.6 is 15.9 Å². The van der Waals surface area contributed by atoms with Crippen molar-refractivity contribution in [3.63, 3.8) is 0 Å². The monoisotopic (exact) mass is 325 g/mol. The van der Waals surface area contributed by atoms with Crippen LogP contribution in [0.2, 0.25) is 0 Å². The largest absolute Gasteiger partial charge is 0.330 e. The molecule has 1 fully saturated rings. The molecule has 2 unspecified atom stereocenters. The van der Waals surface area contributed by atoms with E-state index in [4.69, 9.17) is 5.73 Å². The molecule has 1 aliphatic heterocycles. The summed E-state index contributed by atoms with van der Waals surface area (Å²) in [6, 6.07) is 7.95. The highest BCUT2D eigenvalue weighted by atomic mass is 79.9. The van der Waals surface area contributed by atoms with Crippen LogP contribution in [-0.2, 0) is 4.79 Å². The molecule has 2 N–H and O–H groups in total. The molecule has 0 aromatic heterocycles. The van der Waals surface area contributed by atoms with Gasteiger partial charge in [0, 0.05) is 22.7 Å². The average molecular weight is 326 g/mol.